The zero-order valence-electron chi connectivity index (χ0n) is 11.3. The van der Waals surface area contributed by atoms with Crippen molar-refractivity contribution in [3.63, 3.8) is 0 Å². The number of carbonyl (C=O) groups excluding carboxylic acids is 1. The third kappa shape index (κ3) is 7.01. The van der Waals surface area contributed by atoms with E-state index in [0.29, 0.717) is 6.61 Å². The quantitative estimate of drug-likeness (QED) is 0.375. The molecule has 0 saturated heterocycles. The summed E-state index contributed by atoms with van der Waals surface area (Å²) in [6.45, 7) is 8.92. The van der Waals surface area contributed by atoms with E-state index < -0.39 is 8.32 Å². The first-order chi connectivity index (χ1) is 7.43. The third-order valence-electron chi connectivity index (χ3n) is 2.88. The lowest BCUT2D eigenvalue weighted by molar-refractivity contribution is -0.148. The van der Waals surface area contributed by atoms with Gasteiger partial charge in [0.2, 0.25) is 0 Å². The zero-order valence-corrected chi connectivity index (χ0v) is 12.3. The van der Waals surface area contributed by atoms with Gasteiger partial charge in [-0.25, -0.2) is 0 Å². The molecule has 0 aliphatic carbocycles. The molecule has 0 amide bonds. The van der Waals surface area contributed by atoms with Crippen LogP contribution in [0.15, 0.2) is 0 Å². The molecule has 0 rings (SSSR count). The molecule has 0 radical (unpaired) electrons. The highest BCUT2D eigenvalue weighted by atomic mass is 28.4. The van der Waals surface area contributed by atoms with Crippen molar-refractivity contribution in [3.8, 4) is 0 Å². The molecule has 0 saturated carbocycles. The van der Waals surface area contributed by atoms with E-state index in [9.17, 15) is 4.79 Å². The molecule has 0 aliphatic rings. The first kappa shape index (κ1) is 15.6. The van der Waals surface area contributed by atoms with Crippen LogP contribution < -0.4 is 0 Å². The molecule has 0 aromatic rings. The number of hydrogen-bond donors (Lipinski definition) is 0. The van der Waals surface area contributed by atoms with Crippen molar-refractivity contribution in [1.29, 1.82) is 0 Å². The average molecular weight is 246 g/mol. The van der Waals surface area contributed by atoms with Gasteiger partial charge < -0.3 is 9.16 Å². The van der Waals surface area contributed by atoms with Crippen LogP contribution in [0.2, 0.25) is 19.1 Å². The van der Waals surface area contributed by atoms with Crippen LogP contribution in [0.1, 0.15) is 33.1 Å². The topological polar surface area (TPSA) is 35.5 Å². The van der Waals surface area contributed by atoms with Gasteiger partial charge in [-0.1, -0.05) is 20.3 Å². The first-order valence-electron chi connectivity index (χ1n) is 6.14. The van der Waals surface area contributed by atoms with Gasteiger partial charge >= 0.3 is 5.97 Å². The maximum Gasteiger partial charge on any atom is 0.308 e. The van der Waals surface area contributed by atoms with E-state index in [2.05, 4.69) is 20.0 Å². The highest BCUT2D eigenvalue weighted by Gasteiger charge is 2.24. The normalized spacial score (nSPS) is 13.6. The maximum atomic E-state index is 11.6. The fourth-order valence-corrected chi connectivity index (χ4v) is 2.58. The van der Waals surface area contributed by atoms with Crippen LogP contribution >= 0.6 is 0 Å². The molecule has 0 aliphatic heterocycles. The van der Waals surface area contributed by atoms with E-state index >= 15 is 0 Å². The third-order valence-corrected chi connectivity index (χ3v) is 5.47. The molecule has 0 fully saturated rings. The Morgan fingerprint density at radius 2 is 2.00 bits per heavy atom. The lowest BCUT2D eigenvalue weighted by Gasteiger charge is -2.21. The molecule has 1 atom stereocenters. The Morgan fingerprint density at radius 3 is 2.50 bits per heavy atom. The van der Waals surface area contributed by atoms with Crippen molar-refractivity contribution in [1.82, 2.24) is 0 Å². The predicted octanol–water partition coefficient (Wildman–Crippen LogP) is 3.21. The summed E-state index contributed by atoms with van der Waals surface area (Å²) in [5.74, 6) is -0.0619. The molecule has 16 heavy (non-hydrogen) atoms. The Kier molecular flexibility index (Phi) is 7.67. The molecule has 0 aromatic heterocycles. The lowest BCUT2D eigenvalue weighted by Crippen LogP contribution is -2.29. The monoisotopic (exact) mass is 246 g/mol. The van der Waals surface area contributed by atoms with Gasteiger partial charge in [0.15, 0.2) is 8.32 Å². The summed E-state index contributed by atoms with van der Waals surface area (Å²) in [4.78, 5) is 11.6. The van der Waals surface area contributed by atoms with Crippen molar-refractivity contribution < 1.29 is 14.0 Å². The minimum atomic E-state index is -1.53. The Bertz CT molecular complexity index is 204. The van der Waals surface area contributed by atoms with E-state index in [1.807, 2.05) is 6.92 Å². The van der Waals surface area contributed by atoms with Crippen molar-refractivity contribution in [2.45, 2.75) is 52.2 Å². The predicted molar refractivity (Wildman–Crippen MR) is 68.9 cm³/mol. The Labute approximate surface area is 101 Å². The SMILES string of the molecule is CCCCOC(=O)C(C)CC[Si](C)(C)OC. The van der Waals surface area contributed by atoms with Crippen molar-refractivity contribution >= 4 is 14.3 Å². The van der Waals surface area contributed by atoms with E-state index in [4.69, 9.17) is 9.16 Å². The minimum Gasteiger partial charge on any atom is -0.465 e. The fraction of sp³-hybridized carbons (Fsp3) is 0.917. The molecule has 0 spiro atoms. The Balaban J connectivity index is 3.79. The molecular weight excluding hydrogens is 220 g/mol. The van der Waals surface area contributed by atoms with Crippen molar-refractivity contribution in [2.24, 2.45) is 5.92 Å². The molecule has 1 unspecified atom stereocenters. The van der Waals surface area contributed by atoms with Crippen LogP contribution in [0.4, 0.5) is 0 Å². The first-order valence-corrected chi connectivity index (χ1v) is 9.26. The van der Waals surface area contributed by atoms with Gasteiger partial charge in [-0.05, 0) is 32.0 Å². The molecule has 0 bridgehead atoms. The number of carbonyl (C=O) groups is 1. The Hall–Kier alpha value is -0.353. The smallest absolute Gasteiger partial charge is 0.308 e. The standard InChI is InChI=1S/C12H26O3Si/c1-6-7-9-15-12(13)11(2)8-10-16(4,5)14-3/h11H,6-10H2,1-5H3. The van der Waals surface area contributed by atoms with Crippen LogP contribution in [0.25, 0.3) is 0 Å². The number of rotatable bonds is 8. The van der Waals surface area contributed by atoms with Crippen LogP contribution in [0.5, 0.6) is 0 Å². The molecule has 0 N–H and O–H groups in total. The van der Waals surface area contributed by atoms with Crippen LogP contribution in [0.3, 0.4) is 0 Å². The maximum absolute atomic E-state index is 11.6. The van der Waals surface area contributed by atoms with Crippen molar-refractivity contribution in [3.05, 3.63) is 0 Å². The number of hydrogen-bond acceptors (Lipinski definition) is 3. The van der Waals surface area contributed by atoms with Gasteiger partial charge in [-0.15, -0.1) is 0 Å². The summed E-state index contributed by atoms with van der Waals surface area (Å²) in [5.41, 5.74) is 0. The molecular formula is C12H26O3Si. The second kappa shape index (κ2) is 7.85. The second-order valence-electron chi connectivity index (χ2n) is 4.92. The summed E-state index contributed by atoms with van der Waals surface area (Å²) in [6, 6.07) is 1.01. The van der Waals surface area contributed by atoms with Gasteiger partial charge in [0, 0.05) is 7.11 Å². The average Bonchev–Trinajstić information content (AvgIpc) is 2.26. The zero-order chi connectivity index (χ0) is 12.6. The minimum absolute atomic E-state index is 0.00113. The Morgan fingerprint density at radius 1 is 1.38 bits per heavy atom. The van der Waals surface area contributed by atoms with Gasteiger partial charge in [-0.3, -0.25) is 4.79 Å². The van der Waals surface area contributed by atoms with Crippen molar-refractivity contribution in [2.75, 3.05) is 13.7 Å². The van der Waals surface area contributed by atoms with Gasteiger partial charge in [0.25, 0.3) is 0 Å². The van der Waals surface area contributed by atoms with Crippen LogP contribution in [0, 0.1) is 5.92 Å². The van der Waals surface area contributed by atoms with E-state index in [-0.39, 0.29) is 11.9 Å². The molecule has 3 nitrogen and oxygen atoms in total. The van der Waals surface area contributed by atoms with Crippen LogP contribution in [-0.4, -0.2) is 28.0 Å². The summed E-state index contributed by atoms with van der Waals surface area (Å²) in [5, 5.41) is 0. The lowest BCUT2D eigenvalue weighted by atomic mass is 10.1. The number of unbranched alkanes of at least 4 members (excludes halogenated alkanes) is 1. The van der Waals surface area contributed by atoms with Gasteiger partial charge in [0.05, 0.1) is 12.5 Å². The highest BCUT2D eigenvalue weighted by molar-refractivity contribution is 6.71. The molecule has 0 heterocycles. The summed E-state index contributed by atoms with van der Waals surface area (Å²) < 4.78 is 10.6. The van der Waals surface area contributed by atoms with Gasteiger partial charge in [0.1, 0.15) is 0 Å². The fourth-order valence-electron chi connectivity index (χ4n) is 1.24. The number of esters is 1. The van der Waals surface area contributed by atoms with E-state index in [1.165, 1.54) is 0 Å². The molecule has 96 valence electrons. The highest BCUT2D eigenvalue weighted by Crippen LogP contribution is 2.18. The van der Waals surface area contributed by atoms with E-state index in [1.54, 1.807) is 7.11 Å². The summed E-state index contributed by atoms with van der Waals surface area (Å²) >= 11 is 0. The summed E-state index contributed by atoms with van der Waals surface area (Å²) in [6.07, 6.45) is 2.89. The largest absolute Gasteiger partial charge is 0.465 e. The summed E-state index contributed by atoms with van der Waals surface area (Å²) in [7, 11) is 0.229. The molecule has 4 heteroatoms. The number of ether oxygens (including phenoxy) is 1. The second-order valence-corrected chi connectivity index (χ2v) is 9.35. The van der Waals surface area contributed by atoms with E-state index in [0.717, 1.165) is 25.3 Å². The molecule has 0 aromatic carbocycles. The van der Waals surface area contributed by atoms with Gasteiger partial charge in [-0.2, -0.15) is 0 Å². The van der Waals surface area contributed by atoms with Crippen LogP contribution in [-0.2, 0) is 14.0 Å².